The van der Waals surface area contributed by atoms with Crippen LogP contribution in [0.1, 0.15) is 24.1 Å². The van der Waals surface area contributed by atoms with Gasteiger partial charge in [-0.05, 0) is 30.7 Å². The Balaban J connectivity index is 1.71. The van der Waals surface area contributed by atoms with Crippen molar-refractivity contribution in [1.29, 1.82) is 0 Å². The molecule has 0 aromatic heterocycles. The first-order chi connectivity index (χ1) is 10.6. The molecule has 2 aromatic rings. The van der Waals surface area contributed by atoms with Crippen LogP contribution in [0, 0.1) is 11.6 Å². The number of hydrogen-bond acceptors (Lipinski definition) is 3. The Morgan fingerprint density at radius 1 is 1.09 bits per heavy atom. The third-order valence-electron chi connectivity index (χ3n) is 3.69. The lowest BCUT2D eigenvalue weighted by atomic mass is 10.1. The maximum atomic E-state index is 13.3. The van der Waals surface area contributed by atoms with Crippen molar-refractivity contribution in [3.05, 3.63) is 59.2 Å². The van der Waals surface area contributed by atoms with Crippen molar-refractivity contribution in [2.45, 2.75) is 19.5 Å². The second-order valence-corrected chi connectivity index (χ2v) is 5.22. The molecule has 5 heteroatoms. The molecule has 22 heavy (non-hydrogen) atoms. The lowest BCUT2D eigenvalue weighted by molar-refractivity contribution is 0.169. The van der Waals surface area contributed by atoms with E-state index in [0.717, 1.165) is 23.1 Å². The van der Waals surface area contributed by atoms with E-state index in [1.165, 1.54) is 6.07 Å². The molecule has 2 aromatic carbocycles. The maximum Gasteiger partial charge on any atom is 0.165 e. The molecule has 1 N–H and O–H groups in total. The van der Waals surface area contributed by atoms with Gasteiger partial charge in [-0.15, -0.1) is 0 Å². The van der Waals surface area contributed by atoms with Gasteiger partial charge in [0.1, 0.15) is 13.2 Å². The van der Waals surface area contributed by atoms with Gasteiger partial charge < -0.3 is 14.8 Å². The van der Waals surface area contributed by atoms with E-state index in [9.17, 15) is 8.78 Å². The van der Waals surface area contributed by atoms with Gasteiger partial charge in [0.25, 0.3) is 0 Å². The van der Waals surface area contributed by atoms with Gasteiger partial charge in [-0.2, -0.15) is 0 Å². The van der Waals surface area contributed by atoms with Crippen LogP contribution in [0.3, 0.4) is 0 Å². The van der Waals surface area contributed by atoms with E-state index >= 15 is 0 Å². The van der Waals surface area contributed by atoms with Crippen LogP contribution in [0.5, 0.6) is 11.5 Å². The van der Waals surface area contributed by atoms with Crippen LogP contribution in [0.2, 0.25) is 0 Å². The predicted molar refractivity (Wildman–Crippen MR) is 79.0 cm³/mol. The van der Waals surface area contributed by atoms with Crippen molar-refractivity contribution in [2.24, 2.45) is 0 Å². The average Bonchev–Trinajstić information content (AvgIpc) is 2.55. The number of rotatable bonds is 4. The maximum absolute atomic E-state index is 13.3. The van der Waals surface area contributed by atoms with Crippen molar-refractivity contribution in [1.82, 2.24) is 5.32 Å². The van der Waals surface area contributed by atoms with Crippen LogP contribution >= 0.6 is 0 Å². The molecule has 3 rings (SSSR count). The second-order valence-electron chi connectivity index (χ2n) is 5.22. The second kappa shape index (κ2) is 6.32. The van der Waals surface area contributed by atoms with E-state index in [0.29, 0.717) is 25.3 Å². The van der Waals surface area contributed by atoms with Gasteiger partial charge in [-0.1, -0.05) is 18.2 Å². The van der Waals surface area contributed by atoms with Crippen LogP contribution in [0.25, 0.3) is 0 Å². The summed E-state index contributed by atoms with van der Waals surface area (Å²) in [5.74, 6) is -0.177. The quantitative estimate of drug-likeness (QED) is 0.936. The van der Waals surface area contributed by atoms with Crippen molar-refractivity contribution < 1.29 is 18.3 Å². The Morgan fingerprint density at radius 3 is 2.73 bits per heavy atom. The zero-order chi connectivity index (χ0) is 15.5. The molecule has 1 atom stereocenters. The zero-order valence-corrected chi connectivity index (χ0v) is 12.2. The summed E-state index contributed by atoms with van der Waals surface area (Å²) in [7, 11) is 0. The fraction of sp³-hybridized carbons (Fsp3) is 0.294. The van der Waals surface area contributed by atoms with Gasteiger partial charge >= 0.3 is 0 Å². The molecule has 0 bridgehead atoms. The number of nitrogens with one attached hydrogen (secondary N) is 1. The lowest BCUT2D eigenvalue weighted by Gasteiger charge is -2.22. The first-order valence-electron chi connectivity index (χ1n) is 7.21. The molecule has 116 valence electrons. The predicted octanol–water partition coefficient (Wildman–Crippen LogP) is 3.59. The Morgan fingerprint density at radius 2 is 1.91 bits per heavy atom. The molecule has 1 aliphatic heterocycles. The van der Waals surface area contributed by atoms with E-state index in [4.69, 9.17) is 9.47 Å². The van der Waals surface area contributed by atoms with E-state index in [1.807, 2.05) is 25.1 Å². The highest BCUT2D eigenvalue weighted by atomic mass is 19.2. The van der Waals surface area contributed by atoms with Gasteiger partial charge in [0.2, 0.25) is 0 Å². The van der Waals surface area contributed by atoms with Crippen LogP contribution in [0.4, 0.5) is 8.78 Å². The normalized spacial score (nSPS) is 14.7. The minimum absolute atomic E-state index is 0.115. The Labute approximate surface area is 127 Å². The summed E-state index contributed by atoms with van der Waals surface area (Å²) in [6.07, 6.45) is 0. The summed E-state index contributed by atoms with van der Waals surface area (Å²) in [4.78, 5) is 0. The molecular formula is C17H17F2NO2. The fourth-order valence-corrected chi connectivity index (χ4v) is 2.44. The largest absolute Gasteiger partial charge is 0.486 e. The Hall–Kier alpha value is -2.14. The summed E-state index contributed by atoms with van der Waals surface area (Å²) >= 11 is 0. The third kappa shape index (κ3) is 3.04. The van der Waals surface area contributed by atoms with Gasteiger partial charge in [0.05, 0.1) is 0 Å². The molecule has 0 spiro atoms. The number of halogens is 2. The first kappa shape index (κ1) is 14.8. The van der Waals surface area contributed by atoms with Gasteiger partial charge in [0, 0.05) is 18.2 Å². The molecule has 0 radical (unpaired) electrons. The standard InChI is InChI=1S/C17H17F2NO2/c1-11(12-5-6-14(18)15(19)9-12)20-10-13-3-2-4-16-17(13)22-8-7-21-16/h2-6,9,11,20H,7-8,10H2,1H3. The van der Waals surface area contributed by atoms with Crippen molar-refractivity contribution in [2.75, 3.05) is 13.2 Å². The van der Waals surface area contributed by atoms with Gasteiger partial charge in [-0.3, -0.25) is 0 Å². The summed E-state index contributed by atoms with van der Waals surface area (Å²) in [6.45, 7) is 3.53. The van der Waals surface area contributed by atoms with E-state index in [2.05, 4.69) is 5.32 Å². The molecular weight excluding hydrogens is 288 g/mol. The van der Waals surface area contributed by atoms with Crippen LogP contribution in [-0.2, 0) is 6.54 Å². The molecule has 0 fully saturated rings. The number of fused-ring (bicyclic) bond motifs is 1. The highest BCUT2D eigenvalue weighted by Crippen LogP contribution is 2.33. The highest BCUT2D eigenvalue weighted by molar-refractivity contribution is 5.47. The zero-order valence-electron chi connectivity index (χ0n) is 12.2. The molecule has 1 unspecified atom stereocenters. The Bertz CT molecular complexity index is 676. The van der Waals surface area contributed by atoms with Crippen molar-refractivity contribution in [3.63, 3.8) is 0 Å². The number of para-hydroxylation sites is 1. The summed E-state index contributed by atoms with van der Waals surface area (Å²) < 4.78 is 37.5. The van der Waals surface area contributed by atoms with E-state index < -0.39 is 11.6 Å². The summed E-state index contributed by atoms with van der Waals surface area (Å²) in [5, 5.41) is 3.29. The van der Waals surface area contributed by atoms with Gasteiger partial charge in [0.15, 0.2) is 23.1 Å². The minimum atomic E-state index is -0.835. The van der Waals surface area contributed by atoms with Crippen LogP contribution in [0.15, 0.2) is 36.4 Å². The van der Waals surface area contributed by atoms with Crippen LogP contribution < -0.4 is 14.8 Å². The number of hydrogen-bond donors (Lipinski definition) is 1. The number of ether oxygens (including phenoxy) is 2. The Kier molecular flexibility index (Phi) is 4.24. The fourth-order valence-electron chi connectivity index (χ4n) is 2.44. The van der Waals surface area contributed by atoms with E-state index in [1.54, 1.807) is 6.07 Å². The summed E-state index contributed by atoms with van der Waals surface area (Å²) in [6, 6.07) is 9.56. The van der Waals surface area contributed by atoms with Crippen LogP contribution in [-0.4, -0.2) is 13.2 Å². The molecule has 1 heterocycles. The SMILES string of the molecule is CC(NCc1cccc2c1OCCO2)c1ccc(F)c(F)c1. The van der Waals surface area contributed by atoms with Crippen molar-refractivity contribution in [3.8, 4) is 11.5 Å². The van der Waals surface area contributed by atoms with Crippen molar-refractivity contribution >= 4 is 0 Å². The highest BCUT2D eigenvalue weighted by Gasteiger charge is 2.16. The minimum Gasteiger partial charge on any atom is -0.486 e. The third-order valence-corrected chi connectivity index (χ3v) is 3.69. The molecule has 0 saturated carbocycles. The first-order valence-corrected chi connectivity index (χ1v) is 7.21. The molecule has 0 amide bonds. The topological polar surface area (TPSA) is 30.5 Å². The average molecular weight is 305 g/mol. The smallest absolute Gasteiger partial charge is 0.165 e. The van der Waals surface area contributed by atoms with E-state index in [-0.39, 0.29) is 6.04 Å². The molecule has 3 nitrogen and oxygen atoms in total. The molecule has 1 aliphatic rings. The summed E-state index contributed by atoms with van der Waals surface area (Å²) in [5.41, 5.74) is 1.67. The number of benzene rings is 2. The van der Waals surface area contributed by atoms with Gasteiger partial charge in [-0.25, -0.2) is 8.78 Å². The molecule has 0 saturated heterocycles. The monoisotopic (exact) mass is 305 g/mol. The lowest BCUT2D eigenvalue weighted by Crippen LogP contribution is -2.21. The molecule has 0 aliphatic carbocycles.